The molecule has 0 amide bonds. The standard InChI is InChI=1S/C19H38O4/c1-4-7-8-9-10-11-12-13-14-15-18(21)23-17(6-3)19(22)16(20)5-2/h16-17,19-20,22H,4-15H2,1-3H3. The molecular weight excluding hydrogens is 292 g/mol. The zero-order chi connectivity index (χ0) is 17.5. The van der Waals surface area contributed by atoms with Crippen LogP contribution in [0.15, 0.2) is 0 Å². The lowest BCUT2D eigenvalue weighted by molar-refractivity contribution is -0.160. The number of aliphatic hydroxyl groups is 2. The van der Waals surface area contributed by atoms with Crippen molar-refractivity contribution in [1.82, 2.24) is 0 Å². The van der Waals surface area contributed by atoms with Gasteiger partial charge >= 0.3 is 5.97 Å². The summed E-state index contributed by atoms with van der Waals surface area (Å²) < 4.78 is 5.31. The molecule has 0 rings (SSSR count). The first kappa shape index (κ1) is 22.4. The van der Waals surface area contributed by atoms with Crippen LogP contribution < -0.4 is 0 Å². The second kappa shape index (κ2) is 14.9. The third kappa shape index (κ3) is 11.5. The minimum Gasteiger partial charge on any atom is -0.460 e. The number of rotatable bonds is 15. The van der Waals surface area contributed by atoms with Crippen molar-refractivity contribution in [2.75, 3.05) is 0 Å². The summed E-state index contributed by atoms with van der Waals surface area (Å²) in [6, 6.07) is 0. The summed E-state index contributed by atoms with van der Waals surface area (Å²) in [6.45, 7) is 5.87. The Morgan fingerprint density at radius 2 is 1.35 bits per heavy atom. The lowest BCUT2D eigenvalue weighted by Gasteiger charge is -2.25. The molecule has 0 aliphatic carbocycles. The van der Waals surface area contributed by atoms with E-state index in [2.05, 4.69) is 6.92 Å². The van der Waals surface area contributed by atoms with Crippen LogP contribution in [0.4, 0.5) is 0 Å². The van der Waals surface area contributed by atoms with Gasteiger partial charge in [0.25, 0.3) is 0 Å². The van der Waals surface area contributed by atoms with Gasteiger partial charge in [0.1, 0.15) is 12.2 Å². The van der Waals surface area contributed by atoms with E-state index in [4.69, 9.17) is 4.74 Å². The molecule has 3 unspecified atom stereocenters. The van der Waals surface area contributed by atoms with Crippen LogP contribution in [0.3, 0.4) is 0 Å². The lowest BCUT2D eigenvalue weighted by atomic mass is 10.0. The van der Waals surface area contributed by atoms with Gasteiger partial charge in [-0.2, -0.15) is 0 Å². The summed E-state index contributed by atoms with van der Waals surface area (Å²) in [5.74, 6) is -0.262. The predicted octanol–water partition coefficient (Wildman–Crippen LogP) is 4.36. The van der Waals surface area contributed by atoms with Crippen LogP contribution in [0.1, 0.15) is 97.8 Å². The smallest absolute Gasteiger partial charge is 0.306 e. The van der Waals surface area contributed by atoms with Gasteiger partial charge in [0.05, 0.1) is 6.10 Å². The highest BCUT2D eigenvalue weighted by Crippen LogP contribution is 2.14. The average Bonchev–Trinajstić information content (AvgIpc) is 2.56. The fourth-order valence-electron chi connectivity index (χ4n) is 2.69. The first-order valence-corrected chi connectivity index (χ1v) is 9.62. The van der Waals surface area contributed by atoms with Gasteiger partial charge in [0.2, 0.25) is 0 Å². The highest BCUT2D eigenvalue weighted by Gasteiger charge is 2.26. The number of unbranched alkanes of at least 4 members (excludes halogenated alkanes) is 8. The molecule has 0 aliphatic heterocycles. The lowest BCUT2D eigenvalue weighted by Crippen LogP contribution is -2.39. The molecule has 0 aliphatic rings. The Hall–Kier alpha value is -0.610. The maximum Gasteiger partial charge on any atom is 0.306 e. The van der Waals surface area contributed by atoms with E-state index in [0.717, 1.165) is 12.8 Å². The second-order valence-corrected chi connectivity index (χ2v) is 6.48. The number of aliphatic hydroxyl groups excluding tert-OH is 2. The quantitative estimate of drug-likeness (QED) is 0.346. The second-order valence-electron chi connectivity index (χ2n) is 6.48. The summed E-state index contributed by atoms with van der Waals surface area (Å²) in [4.78, 5) is 11.8. The van der Waals surface area contributed by atoms with E-state index in [1.807, 2.05) is 6.92 Å². The van der Waals surface area contributed by atoms with Crippen LogP contribution in [0, 0.1) is 0 Å². The van der Waals surface area contributed by atoms with Crippen LogP contribution in [0.2, 0.25) is 0 Å². The van der Waals surface area contributed by atoms with Gasteiger partial charge < -0.3 is 14.9 Å². The topological polar surface area (TPSA) is 66.8 Å². The van der Waals surface area contributed by atoms with Gasteiger partial charge in [0, 0.05) is 6.42 Å². The van der Waals surface area contributed by atoms with E-state index >= 15 is 0 Å². The molecule has 4 heteroatoms. The Balaban J connectivity index is 3.69. The molecule has 0 saturated heterocycles. The number of ether oxygens (including phenoxy) is 1. The molecule has 0 bridgehead atoms. The van der Waals surface area contributed by atoms with E-state index in [1.165, 1.54) is 44.9 Å². The molecule has 0 fully saturated rings. The third-order valence-corrected chi connectivity index (χ3v) is 4.36. The van der Waals surface area contributed by atoms with E-state index in [0.29, 0.717) is 19.3 Å². The fraction of sp³-hybridized carbons (Fsp3) is 0.947. The largest absolute Gasteiger partial charge is 0.460 e. The molecule has 0 spiro atoms. The fourth-order valence-corrected chi connectivity index (χ4v) is 2.69. The summed E-state index contributed by atoms with van der Waals surface area (Å²) >= 11 is 0. The zero-order valence-corrected chi connectivity index (χ0v) is 15.4. The van der Waals surface area contributed by atoms with Crippen molar-refractivity contribution in [3.05, 3.63) is 0 Å². The molecule has 23 heavy (non-hydrogen) atoms. The Kier molecular flexibility index (Phi) is 14.6. The molecule has 2 N–H and O–H groups in total. The molecule has 4 nitrogen and oxygen atoms in total. The highest BCUT2D eigenvalue weighted by molar-refractivity contribution is 5.69. The van der Waals surface area contributed by atoms with Crippen LogP contribution in [0.5, 0.6) is 0 Å². The van der Waals surface area contributed by atoms with E-state index in [-0.39, 0.29) is 5.97 Å². The van der Waals surface area contributed by atoms with Gasteiger partial charge in [-0.1, -0.05) is 72.1 Å². The summed E-state index contributed by atoms with van der Waals surface area (Å²) in [5.41, 5.74) is 0. The average molecular weight is 331 g/mol. The molecule has 0 aromatic carbocycles. The van der Waals surface area contributed by atoms with E-state index in [9.17, 15) is 15.0 Å². The molecule has 0 heterocycles. The van der Waals surface area contributed by atoms with Crippen molar-refractivity contribution >= 4 is 5.97 Å². The number of esters is 1. The molecular formula is C19H38O4. The molecule has 0 radical (unpaired) electrons. The zero-order valence-electron chi connectivity index (χ0n) is 15.4. The summed E-state index contributed by atoms with van der Waals surface area (Å²) in [7, 11) is 0. The van der Waals surface area contributed by atoms with E-state index in [1.54, 1.807) is 6.92 Å². The third-order valence-electron chi connectivity index (χ3n) is 4.36. The minimum absolute atomic E-state index is 0.262. The number of carbonyl (C=O) groups excluding carboxylic acids is 1. The Morgan fingerprint density at radius 1 is 0.826 bits per heavy atom. The van der Waals surface area contributed by atoms with Gasteiger partial charge in [0.15, 0.2) is 0 Å². The van der Waals surface area contributed by atoms with Gasteiger partial charge in [-0.05, 0) is 19.3 Å². The van der Waals surface area contributed by atoms with Crippen LogP contribution in [-0.4, -0.2) is 34.5 Å². The van der Waals surface area contributed by atoms with Gasteiger partial charge in [-0.15, -0.1) is 0 Å². The SMILES string of the molecule is CCCCCCCCCCCC(=O)OC(CC)C(O)C(O)CC. The number of carbonyl (C=O) groups is 1. The molecule has 138 valence electrons. The van der Waals surface area contributed by atoms with Crippen LogP contribution in [-0.2, 0) is 9.53 Å². The Morgan fingerprint density at radius 3 is 1.83 bits per heavy atom. The van der Waals surface area contributed by atoms with Crippen LogP contribution >= 0.6 is 0 Å². The maximum absolute atomic E-state index is 11.8. The van der Waals surface area contributed by atoms with Crippen molar-refractivity contribution in [1.29, 1.82) is 0 Å². The predicted molar refractivity (Wildman–Crippen MR) is 94.3 cm³/mol. The molecule has 0 saturated carbocycles. The Labute approximate surface area is 142 Å². The first-order chi connectivity index (χ1) is 11.1. The normalized spacial score (nSPS) is 15.2. The number of hydrogen-bond acceptors (Lipinski definition) is 4. The Bertz CT molecular complexity index is 281. The highest BCUT2D eigenvalue weighted by atomic mass is 16.6. The maximum atomic E-state index is 11.8. The molecule has 3 atom stereocenters. The van der Waals surface area contributed by atoms with Crippen molar-refractivity contribution in [3.8, 4) is 0 Å². The monoisotopic (exact) mass is 330 g/mol. The van der Waals surface area contributed by atoms with Crippen molar-refractivity contribution < 1.29 is 19.7 Å². The van der Waals surface area contributed by atoms with Crippen molar-refractivity contribution in [2.45, 2.75) is 116 Å². The van der Waals surface area contributed by atoms with Crippen molar-refractivity contribution in [3.63, 3.8) is 0 Å². The number of hydrogen-bond donors (Lipinski definition) is 2. The summed E-state index contributed by atoms with van der Waals surface area (Å²) in [5, 5.41) is 19.6. The molecule has 0 aromatic rings. The van der Waals surface area contributed by atoms with Crippen molar-refractivity contribution in [2.24, 2.45) is 0 Å². The van der Waals surface area contributed by atoms with Gasteiger partial charge in [-0.25, -0.2) is 0 Å². The molecule has 0 aromatic heterocycles. The van der Waals surface area contributed by atoms with Gasteiger partial charge in [-0.3, -0.25) is 4.79 Å². The first-order valence-electron chi connectivity index (χ1n) is 9.62. The minimum atomic E-state index is -0.989. The van der Waals surface area contributed by atoms with Crippen LogP contribution in [0.25, 0.3) is 0 Å². The summed E-state index contributed by atoms with van der Waals surface area (Å²) in [6.07, 6.45) is 9.85. The van der Waals surface area contributed by atoms with E-state index < -0.39 is 18.3 Å².